The second-order valence-corrected chi connectivity index (χ2v) is 6.50. The molecule has 3 atom stereocenters. The maximum Gasteiger partial charge on any atom is 0.0621 e. The Bertz CT molecular complexity index is 440. The summed E-state index contributed by atoms with van der Waals surface area (Å²) in [5, 5.41) is 13.6. The van der Waals surface area contributed by atoms with Gasteiger partial charge in [-0.25, -0.2) is 0 Å². The van der Waals surface area contributed by atoms with E-state index in [1.165, 1.54) is 24.0 Å². The van der Waals surface area contributed by atoms with E-state index in [9.17, 15) is 5.11 Å². The molecule has 2 aliphatic rings. The third-order valence-corrected chi connectivity index (χ3v) is 5.00. The second kappa shape index (κ2) is 4.36. The lowest BCUT2D eigenvalue weighted by molar-refractivity contribution is -0.0762. The zero-order valence-electron chi connectivity index (χ0n) is 11.3. The summed E-state index contributed by atoms with van der Waals surface area (Å²) in [7, 11) is 0. The van der Waals surface area contributed by atoms with Crippen molar-refractivity contribution in [2.75, 3.05) is 0 Å². The number of hydrogen-bond acceptors (Lipinski definition) is 2. The molecule has 0 aliphatic heterocycles. The molecule has 1 saturated carbocycles. The number of aliphatic hydroxyl groups is 1. The summed E-state index contributed by atoms with van der Waals surface area (Å²) in [6.07, 6.45) is 4.32. The molecule has 18 heavy (non-hydrogen) atoms. The lowest BCUT2D eigenvalue weighted by Gasteiger charge is -2.51. The molecule has 0 heterocycles. The smallest absolute Gasteiger partial charge is 0.0621 e. The van der Waals surface area contributed by atoms with Crippen LogP contribution < -0.4 is 5.32 Å². The lowest BCUT2D eigenvalue weighted by Crippen LogP contribution is -2.62. The number of benzene rings is 1. The van der Waals surface area contributed by atoms with Crippen LogP contribution in [-0.2, 0) is 12.8 Å². The van der Waals surface area contributed by atoms with Gasteiger partial charge in [0, 0.05) is 17.5 Å². The SMILES string of the molecule is CC1(C)C(O)CC1NC1CCc2ccccc2C1. The van der Waals surface area contributed by atoms with Gasteiger partial charge in [-0.15, -0.1) is 0 Å². The van der Waals surface area contributed by atoms with Gasteiger partial charge < -0.3 is 10.4 Å². The summed E-state index contributed by atoms with van der Waals surface area (Å²) < 4.78 is 0. The highest BCUT2D eigenvalue weighted by Crippen LogP contribution is 2.41. The Hall–Kier alpha value is -0.860. The van der Waals surface area contributed by atoms with Gasteiger partial charge in [0.25, 0.3) is 0 Å². The van der Waals surface area contributed by atoms with Crippen molar-refractivity contribution in [2.45, 2.75) is 57.7 Å². The molecule has 3 unspecified atom stereocenters. The molecular weight excluding hydrogens is 222 g/mol. The average molecular weight is 245 g/mol. The molecule has 0 amide bonds. The number of nitrogens with one attached hydrogen (secondary N) is 1. The van der Waals surface area contributed by atoms with Crippen LogP contribution in [0.15, 0.2) is 24.3 Å². The first-order chi connectivity index (χ1) is 8.57. The van der Waals surface area contributed by atoms with Gasteiger partial charge in [0.1, 0.15) is 0 Å². The maximum absolute atomic E-state index is 9.79. The van der Waals surface area contributed by atoms with Crippen LogP contribution in [0.2, 0.25) is 0 Å². The predicted molar refractivity (Wildman–Crippen MR) is 73.6 cm³/mol. The Labute approximate surface area is 109 Å². The van der Waals surface area contributed by atoms with Crippen LogP contribution in [0.3, 0.4) is 0 Å². The standard InChI is InChI=1S/C16H23NO/c1-16(2)14(10-15(16)18)17-13-8-7-11-5-3-4-6-12(11)9-13/h3-6,13-15,17-18H,7-10H2,1-2H3. The zero-order chi connectivity index (χ0) is 12.8. The van der Waals surface area contributed by atoms with Crippen molar-refractivity contribution in [3.8, 4) is 0 Å². The molecule has 0 radical (unpaired) electrons. The van der Waals surface area contributed by atoms with Crippen molar-refractivity contribution in [1.29, 1.82) is 0 Å². The highest BCUT2D eigenvalue weighted by Gasteiger charge is 2.47. The molecule has 0 aromatic heterocycles. The quantitative estimate of drug-likeness (QED) is 0.838. The molecule has 98 valence electrons. The van der Waals surface area contributed by atoms with Crippen LogP contribution in [0, 0.1) is 5.41 Å². The van der Waals surface area contributed by atoms with Crippen molar-refractivity contribution >= 4 is 0 Å². The van der Waals surface area contributed by atoms with E-state index in [2.05, 4.69) is 43.4 Å². The van der Waals surface area contributed by atoms with Gasteiger partial charge in [-0.1, -0.05) is 38.1 Å². The number of aryl methyl sites for hydroxylation is 1. The van der Waals surface area contributed by atoms with E-state index < -0.39 is 0 Å². The van der Waals surface area contributed by atoms with Gasteiger partial charge >= 0.3 is 0 Å². The van der Waals surface area contributed by atoms with Gasteiger partial charge in [0.2, 0.25) is 0 Å². The fourth-order valence-electron chi connectivity index (χ4n) is 3.31. The minimum absolute atomic E-state index is 0.0387. The summed E-state index contributed by atoms with van der Waals surface area (Å²) >= 11 is 0. The number of aliphatic hydroxyl groups excluding tert-OH is 1. The van der Waals surface area contributed by atoms with Gasteiger partial charge in [0.15, 0.2) is 0 Å². The van der Waals surface area contributed by atoms with Crippen LogP contribution in [-0.4, -0.2) is 23.3 Å². The highest BCUT2D eigenvalue weighted by molar-refractivity contribution is 5.30. The van der Waals surface area contributed by atoms with E-state index in [0.29, 0.717) is 12.1 Å². The maximum atomic E-state index is 9.79. The third-order valence-electron chi connectivity index (χ3n) is 5.00. The highest BCUT2D eigenvalue weighted by atomic mass is 16.3. The minimum Gasteiger partial charge on any atom is -0.392 e. The molecule has 1 aromatic carbocycles. The Balaban J connectivity index is 1.64. The predicted octanol–water partition coefficient (Wildman–Crippen LogP) is 2.29. The van der Waals surface area contributed by atoms with Gasteiger partial charge in [-0.3, -0.25) is 0 Å². The second-order valence-electron chi connectivity index (χ2n) is 6.50. The van der Waals surface area contributed by atoms with Crippen LogP contribution in [0.4, 0.5) is 0 Å². The molecule has 2 nitrogen and oxygen atoms in total. The monoisotopic (exact) mass is 245 g/mol. The Morgan fingerprint density at radius 3 is 2.61 bits per heavy atom. The van der Waals surface area contributed by atoms with Gasteiger partial charge in [-0.2, -0.15) is 0 Å². The fraction of sp³-hybridized carbons (Fsp3) is 0.625. The average Bonchev–Trinajstić information content (AvgIpc) is 2.38. The third kappa shape index (κ3) is 1.98. The molecule has 2 N–H and O–H groups in total. The van der Waals surface area contributed by atoms with Gasteiger partial charge in [0.05, 0.1) is 6.10 Å². The molecule has 0 bridgehead atoms. The number of rotatable bonds is 2. The first-order valence-electron chi connectivity index (χ1n) is 7.08. The summed E-state index contributed by atoms with van der Waals surface area (Å²) in [4.78, 5) is 0. The van der Waals surface area contributed by atoms with Crippen LogP contribution in [0.1, 0.15) is 37.8 Å². The normalized spacial score (nSPS) is 33.6. The van der Waals surface area contributed by atoms with E-state index in [1.807, 2.05) is 0 Å². The van der Waals surface area contributed by atoms with Crippen LogP contribution >= 0.6 is 0 Å². The Kier molecular flexibility index (Phi) is 2.95. The molecule has 2 heteroatoms. The van der Waals surface area contributed by atoms with Crippen molar-refractivity contribution in [3.63, 3.8) is 0 Å². The van der Waals surface area contributed by atoms with E-state index >= 15 is 0 Å². The van der Waals surface area contributed by atoms with Crippen molar-refractivity contribution < 1.29 is 5.11 Å². The molecule has 3 rings (SSSR count). The molecule has 0 saturated heterocycles. The summed E-state index contributed by atoms with van der Waals surface area (Å²) in [5.41, 5.74) is 3.05. The first-order valence-corrected chi connectivity index (χ1v) is 7.08. The zero-order valence-corrected chi connectivity index (χ0v) is 11.3. The topological polar surface area (TPSA) is 32.3 Å². The number of fused-ring (bicyclic) bond motifs is 1. The molecule has 0 spiro atoms. The fourth-order valence-corrected chi connectivity index (χ4v) is 3.31. The first kappa shape index (κ1) is 12.2. The van der Waals surface area contributed by atoms with E-state index in [-0.39, 0.29) is 11.5 Å². The molecule has 1 aromatic rings. The molecule has 2 aliphatic carbocycles. The largest absolute Gasteiger partial charge is 0.392 e. The molecular formula is C16H23NO. The van der Waals surface area contributed by atoms with E-state index in [4.69, 9.17) is 0 Å². The lowest BCUT2D eigenvalue weighted by atomic mass is 9.64. The Morgan fingerprint density at radius 2 is 1.94 bits per heavy atom. The number of hydrogen-bond donors (Lipinski definition) is 2. The van der Waals surface area contributed by atoms with Crippen LogP contribution in [0.5, 0.6) is 0 Å². The van der Waals surface area contributed by atoms with Crippen molar-refractivity contribution in [2.24, 2.45) is 5.41 Å². The van der Waals surface area contributed by atoms with E-state index in [1.54, 1.807) is 0 Å². The van der Waals surface area contributed by atoms with E-state index in [0.717, 1.165) is 12.8 Å². The van der Waals surface area contributed by atoms with Gasteiger partial charge in [-0.05, 0) is 36.8 Å². The summed E-state index contributed by atoms with van der Waals surface area (Å²) in [5.74, 6) is 0. The van der Waals surface area contributed by atoms with Crippen LogP contribution in [0.25, 0.3) is 0 Å². The Morgan fingerprint density at radius 1 is 1.22 bits per heavy atom. The summed E-state index contributed by atoms with van der Waals surface area (Å²) in [6.45, 7) is 4.32. The minimum atomic E-state index is -0.133. The summed E-state index contributed by atoms with van der Waals surface area (Å²) in [6, 6.07) is 9.84. The van der Waals surface area contributed by atoms with Crippen molar-refractivity contribution in [3.05, 3.63) is 35.4 Å². The van der Waals surface area contributed by atoms with Crippen molar-refractivity contribution in [1.82, 2.24) is 5.32 Å². The molecule has 1 fully saturated rings.